The first-order valence-electron chi connectivity index (χ1n) is 6.28. The quantitative estimate of drug-likeness (QED) is 0.638. The highest BCUT2D eigenvalue weighted by Crippen LogP contribution is 2.35. The van der Waals surface area contributed by atoms with E-state index in [1.165, 1.54) is 10.4 Å². The molecule has 2 rings (SSSR count). The van der Waals surface area contributed by atoms with Crippen LogP contribution in [0.3, 0.4) is 0 Å². The fraction of sp³-hybridized carbons (Fsp3) is 0.615. The van der Waals surface area contributed by atoms with E-state index in [0.29, 0.717) is 24.3 Å². The predicted octanol–water partition coefficient (Wildman–Crippen LogP) is 2.77. The van der Waals surface area contributed by atoms with Crippen LogP contribution in [0.1, 0.15) is 43.2 Å². The lowest BCUT2D eigenvalue weighted by atomic mass is 9.97. The number of thiophene rings is 1. The third kappa shape index (κ3) is 2.53. The van der Waals surface area contributed by atoms with Gasteiger partial charge >= 0.3 is 0 Å². The Morgan fingerprint density at radius 1 is 1.71 bits per heavy atom. The monoisotopic (exact) mass is 251 g/mol. The molecule has 1 aliphatic heterocycles. The van der Waals surface area contributed by atoms with E-state index in [1.54, 1.807) is 0 Å². The Hall–Kier alpha value is -0.870. The van der Waals surface area contributed by atoms with Gasteiger partial charge < -0.3 is 5.73 Å². The summed E-state index contributed by atoms with van der Waals surface area (Å²) in [4.78, 5) is 4.04. The van der Waals surface area contributed by atoms with Gasteiger partial charge in [-0.15, -0.1) is 11.3 Å². The minimum atomic E-state index is 0.306. The molecule has 3 N–H and O–H groups in total. The standard InChI is InChI=1S/C13H21N3S/c1-3-10(8-13(14)15)16-6-4-12-11(9(16)2)5-7-17-12/h5,7,9-10H,3-4,6,8H2,1-2H3,(H3,14,15). The van der Waals surface area contributed by atoms with E-state index in [1.807, 2.05) is 11.3 Å². The third-order valence-corrected chi connectivity index (χ3v) is 4.72. The largest absolute Gasteiger partial charge is 0.388 e. The summed E-state index contributed by atoms with van der Waals surface area (Å²) in [7, 11) is 0. The summed E-state index contributed by atoms with van der Waals surface area (Å²) < 4.78 is 0. The van der Waals surface area contributed by atoms with Crippen molar-refractivity contribution in [3.63, 3.8) is 0 Å². The molecule has 0 aromatic carbocycles. The molecule has 0 saturated heterocycles. The first-order valence-corrected chi connectivity index (χ1v) is 7.16. The van der Waals surface area contributed by atoms with E-state index >= 15 is 0 Å². The van der Waals surface area contributed by atoms with Gasteiger partial charge in [-0.1, -0.05) is 6.92 Å². The van der Waals surface area contributed by atoms with Crippen LogP contribution in [0.2, 0.25) is 0 Å². The molecule has 2 heterocycles. The SMILES string of the molecule is CCC(CC(=N)N)N1CCc2sccc2C1C. The molecule has 0 saturated carbocycles. The molecule has 0 amide bonds. The molecule has 1 aliphatic rings. The van der Waals surface area contributed by atoms with Crippen LogP contribution in [0, 0.1) is 5.41 Å². The number of nitrogens with two attached hydrogens (primary N) is 1. The van der Waals surface area contributed by atoms with Crippen molar-refractivity contribution in [1.29, 1.82) is 5.41 Å². The topological polar surface area (TPSA) is 53.1 Å². The lowest BCUT2D eigenvalue weighted by molar-refractivity contribution is 0.134. The van der Waals surface area contributed by atoms with Crippen LogP contribution in [-0.2, 0) is 6.42 Å². The van der Waals surface area contributed by atoms with Crippen LogP contribution < -0.4 is 5.73 Å². The molecule has 0 radical (unpaired) electrons. The van der Waals surface area contributed by atoms with Gasteiger partial charge in [-0.25, -0.2) is 0 Å². The van der Waals surface area contributed by atoms with E-state index in [-0.39, 0.29) is 0 Å². The highest BCUT2D eigenvalue weighted by molar-refractivity contribution is 7.10. The van der Waals surface area contributed by atoms with E-state index < -0.39 is 0 Å². The summed E-state index contributed by atoms with van der Waals surface area (Å²) >= 11 is 1.87. The number of fused-ring (bicyclic) bond motifs is 1. The Morgan fingerprint density at radius 3 is 3.12 bits per heavy atom. The average molecular weight is 251 g/mol. The zero-order chi connectivity index (χ0) is 12.4. The van der Waals surface area contributed by atoms with Crippen molar-refractivity contribution in [3.05, 3.63) is 21.9 Å². The number of amidine groups is 1. The Bertz CT molecular complexity index is 399. The fourth-order valence-electron chi connectivity index (χ4n) is 2.78. The third-order valence-electron chi connectivity index (χ3n) is 3.72. The molecule has 0 bridgehead atoms. The second kappa shape index (κ2) is 5.19. The van der Waals surface area contributed by atoms with Crippen LogP contribution in [0.25, 0.3) is 0 Å². The van der Waals surface area contributed by atoms with Crippen LogP contribution in [0.5, 0.6) is 0 Å². The zero-order valence-electron chi connectivity index (χ0n) is 10.6. The average Bonchev–Trinajstić information content (AvgIpc) is 2.75. The summed E-state index contributed by atoms with van der Waals surface area (Å²) in [6, 6.07) is 3.13. The van der Waals surface area contributed by atoms with Gasteiger partial charge in [0.2, 0.25) is 0 Å². The summed E-state index contributed by atoms with van der Waals surface area (Å²) in [5, 5.41) is 9.67. The van der Waals surface area contributed by atoms with Crippen LogP contribution >= 0.6 is 11.3 Å². The second-order valence-corrected chi connectivity index (χ2v) is 5.76. The molecule has 0 spiro atoms. The Kier molecular flexibility index (Phi) is 3.84. The summed E-state index contributed by atoms with van der Waals surface area (Å²) in [5.74, 6) is 0.306. The van der Waals surface area contributed by atoms with Gasteiger partial charge in [0.25, 0.3) is 0 Å². The number of hydrogen-bond acceptors (Lipinski definition) is 3. The van der Waals surface area contributed by atoms with Gasteiger partial charge in [-0.2, -0.15) is 0 Å². The smallest absolute Gasteiger partial charge is 0.0921 e. The zero-order valence-corrected chi connectivity index (χ0v) is 11.4. The first-order chi connectivity index (χ1) is 8.13. The van der Waals surface area contributed by atoms with Crippen molar-refractivity contribution >= 4 is 17.2 Å². The highest BCUT2D eigenvalue weighted by Gasteiger charge is 2.29. The number of nitrogens with zero attached hydrogens (tertiary/aromatic N) is 1. The van der Waals surface area contributed by atoms with E-state index in [2.05, 4.69) is 30.2 Å². The van der Waals surface area contributed by atoms with Crippen molar-refractivity contribution in [2.75, 3.05) is 6.54 Å². The molecule has 0 aliphatic carbocycles. The number of hydrogen-bond donors (Lipinski definition) is 2. The predicted molar refractivity (Wildman–Crippen MR) is 73.8 cm³/mol. The second-order valence-electron chi connectivity index (χ2n) is 4.75. The molecular weight excluding hydrogens is 230 g/mol. The van der Waals surface area contributed by atoms with Gasteiger partial charge in [0, 0.05) is 29.9 Å². The molecule has 0 fully saturated rings. The molecule has 1 aromatic rings. The van der Waals surface area contributed by atoms with E-state index in [0.717, 1.165) is 19.4 Å². The van der Waals surface area contributed by atoms with Gasteiger partial charge in [-0.3, -0.25) is 10.3 Å². The normalized spacial score (nSPS) is 22.1. The van der Waals surface area contributed by atoms with Crippen molar-refractivity contribution < 1.29 is 0 Å². The van der Waals surface area contributed by atoms with Gasteiger partial charge in [0.15, 0.2) is 0 Å². The summed E-state index contributed by atoms with van der Waals surface area (Å²) in [5.41, 5.74) is 7.03. The molecule has 17 heavy (non-hydrogen) atoms. The van der Waals surface area contributed by atoms with Gasteiger partial charge in [0.05, 0.1) is 5.84 Å². The Balaban J connectivity index is 2.15. The summed E-state index contributed by atoms with van der Waals surface area (Å²) in [6.07, 6.45) is 2.90. The minimum Gasteiger partial charge on any atom is -0.388 e. The van der Waals surface area contributed by atoms with E-state index in [9.17, 15) is 0 Å². The minimum absolute atomic E-state index is 0.306. The molecule has 94 valence electrons. The van der Waals surface area contributed by atoms with E-state index in [4.69, 9.17) is 11.1 Å². The molecule has 3 nitrogen and oxygen atoms in total. The van der Waals surface area contributed by atoms with Crippen LogP contribution in [0.15, 0.2) is 11.4 Å². The molecule has 2 unspecified atom stereocenters. The summed E-state index contributed by atoms with van der Waals surface area (Å²) in [6.45, 7) is 5.55. The van der Waals surface area contributed by atoms with Gasteiger partial charge in [-0.05, 0) is 36.8 Å². The lowest BCUT2D eigenvalue weighted by Gasteiger charge is -2.39. The Morgan fingerprint density at radius 2 is 2.47 bits per heavy atom. The van der Waals surface area contributed by atoms with Crippen molar-refractivity contribution in [2.24, 2.45) is 5.73 Å². The highest BCUT2D eigenvalue weighted by atomic mass is 32.1. The van der Waals surface area contributed by atoms with Crippen molar-refractivity contribution in [3.8, 4) is 0 Å². The number of nitrogens with one attached hydrogen (secondary N) is 1. The Labute approximate surface area is 107 Å². The lowest BCUT2D eigenvalue weighted by Crippen LogP contribution is -2.42. The maximum absolute atomic E-state index is 7.48. The molecular formula is C13H21N3S. The van der Waals surface area contributed by atoms with Gasteiger partial charge in [0.1, 0.15) is 0 Å². The molecule has 2 atom stereocenters. The maximum atomic E-state index is 7.48. The van der Waals surface area contributed by atoms with Crippen molar-refractivity contribution in [1.82, 2.24) is 4.90 Å². The number of rotatable bonds is 4. The van der Waals surface area contributed by atoms with Crippen molar-refractivity contribution in [2.45, 2.75) is 45.2 Å². The maximum Gasteiger partial charge on any atom is 0.0921 e. The fourth-order valence-corrected chi connectivity index (χ4v) is 3.74. The first kappa shape index (κ1) is 12.6. The molecule has 1 aromatic heterocycles. The van der Waals surface area contributed by atoms with Crippen LogP contribution in [0.4, 0.5) is 0 Å². The molecule has 4 heteroatoms. The van der Waals surface area contributed by atoms with Crippen LogP contribution in [-0.4, -0.2) is 23.3 Å².